The largest absolute Gasteiger partial charge is 0.358 e. The van der Waals surface area contributed by atoms with Crippen LogP contribution in [-0.2, 0) is 0 Å². The minimum absolute atomic E-state index is 0.528. The Balaban J connectivity index is 4.15. The summed E-state index contributed by atoms with van der Waals surface area (Å²) in [5.74, 6) is 0.829. The molecule has 0 fully saturated rings. The van der Waals surface area contributed by atoms with Crippen LogP contribution in [0, 0.1) is 5.41 Å². The molecule has 1 atom stereocenters. The zero-order valence-corrected chi connectivity index (χ0v) is 10.3. The van der Waals surface area contributed by atoms with Gasteiger partial charge in [-0.1, -0.05) is 27.2 Å². The molecule has 84 valence electrons. The summed E-state index contributed by atoms with van der Waals surface area (Å²) in [6, 6.07) is 0.528. The molecule has 14 heavy (non-hydrogen) atoms. The van der Waals surface area contributed by atoms with E-state index in [0.717, 1.165) is 31.6 Å². The van der Waals surface area contributed by atoms with Gasteiger partial charge in [0.25, 0.3) is 0 Å². The zero-order chi connectivity index (χ0) is 11.0. The van der Waals surface area contributed by atoms with E-state index >= 15 is 0 Å². The first-order valence-electron chi connectivity index (χ1n) is 6.01. The quantitative estimate of drug-likeness (QED) is 0.490. The number of rotatable bonds is 7. The van der Waals surface area contributed by atoms with Crippen LogP contribution in [0.5, 0.6) is 0 Å². The molecule has 0 radical (unpaired) electrons. The Morgan fingerprint density at radius 2 is 1.86 bits per heavy atom. The van der Waals surface area contributed by atoms with E-state index in [1.807, 2.05) is 0 Å². The van der Waals surface area contributed by atoms with Gasteiger partial charge in [-0.05, 0) is 26.2 Å². The molecule has 0 aromatic carbocycles. The molecule has 0 aliphatic carbocycles. The Bertz CT molecular complexity index is 154. The van der Waals surface area contributed by atoms with Gasteiger partial charge in [0.05, 0.1) is 5.84 Å². The lowest BCUT2D eigenvalue weighted by molar-refractivity contribution is 0.308. The first-order chi connectivity index (χ1) is 6.67. The number of hydrogen-bond donors (Lipinski definition) is 1. The van der Waals surface area contributed by atoms with Gasteiger partial charge < -0.3 is 4.90 Å². The van der Waals surface area contributed by atoms with Crippen molar-refractivity contribution in [3.63, 3.8) is 0 Å². The predicted octanol–water partition coefficient (Wildman–Crippen LogP) is 3.66. The molecule has 1 N–H and O–H groups in total. The van der Waals surface area contributed by atoms with Gasteiger partial charge in [0.2, 0.25) is 0 Å². The van der Waals surface area contributed by atoms with Crippen LogP contribution in [0.3, 0.4) is 0 Å². The van der Waals surface area contributed by atoms with Crippen molar-refractivity contribution in [3.05, 3.63) is 0 Å². The minimum atomic E-state index is 0.528. The molecule has 0 aromatic heterocycles. The Morgan fingerprint density at radius 3 is 2.29 bits per heavy atom. The van der Waals surface area contributed by atoms with Gasteiger partial charge in [-0.2, -0.15) is 0 Å². The summed E-state index contributed by atoms with van der Waals surface area (Å²) < 4.78 is 0. The molecule has 0 heterocycles. The SMILES string of the molecule is CCCCN(C(=N)CCC)C(C)CC. The van der Waals surface area contributed by atoms with Crippen molar-refractivity contribution in [1.29, 1.82) is 5.41 Å². The normalized spacial score (nSPS) is 12.6. The fourth-order valence-electron chi connectivity index (χ4n) is 1.55. The van der Waals surface area contributed by atoms with Crippen molar-refractivity contribution in [2.24, 2.45) is 0 Å². The second kappa shape index (κ2) is 7.84. The van der Waals surface area contributed by atoms with Crippen LogP contribution in [0.4, 0.5) is 0 Å². The Labute approximate surface area is 89.2 Å². The summed E-state index contributed by atoms with van der Waals surface area (Å²) in [6.45, 7) is 9.83. The molecule has 0 aliphatic heterocycles. The van der Waals surface area contributed by atoms with Gasteiger partial charge in [0.1, 0.15) is 0 Å². The molecular formula is C12H26N2. The first-order valence-corrected chi connectivity index (χ1v) is 6.01. The second-order valence-corrected chi connectivity index (χ2v) is 4.00. The predicted molar refractivity (Wildman–Crippen MR) is 64.0 cm³/mol. The first kappa shape index (κ1) is 13.5. The minimum Gasteiger partial charge on any atom is -0.358 e. The summed E-state index contributed by atoms with van der Waals surface area (Å²) in [5, 5.41) is 7.98. The number of nitrogens with zero attached hydrogens (tertiary/aromatic N) is 1. The lowest BCUT2D eigenvalue weighted by Gasteiger charge is -2.31. The van der Waals surface area contributed by atoms with E-state index in [-0.39, 0.29) is 0 Å². The highest BCUT2D eigenvalue weighted by Crippen LogP contribution is 2.09. The van der Waals surface area contributed by atoms with E-state index in [0.29, 0.717) is 6.04 Å². The van der Waals surface area contributed by atoms with E-state index in [2.05, 4.69) is 32.6 Å². The van der Waals surface area contributed by atoms with Crippen LogP contribution in [0.1, 0.15) is 59.8 Å². The molecule has 0 bridgehead atoms. The van der Waals surface area contributed by atoms with E-state index in [1.54, 1.807) is 0 Å². The summed E-state index contributed by atoms with van der Waals surface area (Å²) in [7, 11) is 0. The molecule has 0 aromatic rings. The van der Waals surface area contributed by atoms with Crippen molar-refractivity contribution in [3.8, 4) is 0 Å². The smallest absolute Gasteiger partial charge is 0.0959 e. The fraction of sp³-hybridized carbons (Fsp3) is 0.917. The van der Waals surface area contributed by atoms with Crippen LogP contribution in [0.15, 0.2) is 0 Å². The topological polar surface area (TPSA) is 27.1 Å². The molecule has 0 saturated carbocycles. The van der Waals surface area contributed by atoms with Crippen LogP contribution < -0.4 is 0 Å². The molecule has 0 rings (SSSR count). The molecule has 2 nitrogen and oxygen atoms in total. The van der Waals surface area contributed by atoms with Crippen molar-refractivity contribution < 1.29 is 0 Å². The fourth-order valence-corrected chi connectivity index (χ4v) is 1.55. The third-order valence-electron chi connectivity index (χ3n) is 2.71. The number of unbranched alkanes of at least 4 members (excludes halogenated alkanes) is 1. The molecule has 0 aliphatic rings. The highest BCUT2D eigenvalue weighted by molar-refractivity contribution is 5.79. The maximum Gasteiger partial charge on any atom is 0.0959 e. The number of nitrogens with one attached hydrogen (secondary N) is 1. The van der Waals surface area contributed by atoms with Crippen LogP contribution in [-0.4, -0.2) is 23.3 Å². The molecule has 1 unspecified atom stereocenters. The number of amidine groups is 1. The van der Waals surface area contributed by atoms with Crippen LogP contribution >= 0.6 is 0 Å². The zero-order valence-electron chi connectivity index (χ0n) is 10.3. The lowest BCUT2D eigenvalue weighted by Crippen LogP contribution is -2.38. The maximum absolute atomic E-state index is 7.98. The molecular weight excluding hydrogens is 172 g/mol. The summed E-state index contributed by atoms with van der Waals surface area (Å²) in [6.07, 6.45) is 5.56. The van der Waals surface area contributed by atoms with Crippen molar-refractivity contribution in [2.45, 2.75) is 65.8 Å². The molecule has 0 spiro atoms. The highest BCUT2D eigenvalue weighted by atomic mass is 15.2. The molecule has 0 saturated heterocycles. The van der Waals surface area contributed by atoms with Crippen molar-refractivity contribution in [1.82, 2.24) is 4.90 Å². The Morgan fingerprint density at radius 1 is 1.21 bits per heavy atom. The van der Waals surface area contributed by atoms with E-state index in [9.17, 15) is 0 Å². The monoisotopic (exact) mass is 198 g/mol. The summed E-state index contributed by atoms with van der Waals surface area (Å²) in [5.41, 5.74) is 0. The van der Waals surface area contributed by atoms with Gasteiger partial charge in [-0.25, -0.2) is 0 Å². The third kappa shape index (κ3) is 4.64. The summed E-state index contributed by atoms with van der Waals surface area (Å²) >= 11 is 0. The van der Waals surface area contributed by atoms with Gasteiger partial charge in [0.15, 0.2) is 0 Å². The second-order valence-electron chi connectivity index (χ2n) is 4.00. The van der Waals surface area contributed by atoms with Crippen molar-refractivity contribution >= 4 is 5.84 Å². The van der Waals surface area contributed by atoms with Gasteiger partial charge in [-0.3, -0.25) is 5.41 Å². The van der Waals surface area contributed by atoms with Crippen LogP contribution in [0.25, 0.3) is 0 Å². The van der Waals surface area contributed by atoms with Crippen molar-refractivity contribution in [2.75, 3.05) is 6.54 Å². The lowest BCUT2D eigenvalue weighted by atomic mass is 10.1. The Kier molecular flexibility index (Phi) is 7.54. The summed E-state index contributed by atoms with van der Waals surface area (Å²) in [4.78, 5) is 2.27. The average molecular weight is 198 g/mol. The molecule has 2 heteroatoms. The van der Waals surface area contributed by atoms with Gasteiger partial charge in [-0.15, -0.1) is 0 Å². The number of hydrogen-bond acceptors (Lipinski definition) is 1. The Hall–Kier alpha value is -0.530. The van der Waals surface area contributed by atoms with E-state index in [1.165, 1.54) is 12.8 Å². The van der Waals surface area contributed by atoms with Crippen LogP contribution in [0.2, 0.25) is 0 Å². The van der Waals surface area contributed by atoms with E-state index < -0.39 is 0 Å². The standard InChI is InChI=1S/C12H26N2/c1-5-8-10-14(11(4)7-3)12(13)9-6-2/h11,13H,5-10H2,1-4H3. The third-order valence-corrected chi connectivity index (χ3v) is 2.71. The van der Waals surface area contributed by atoms with E-state index in [4.69, 9.17) is 5.41 Å². The molecule has 0 amide bonds. The maximum atomic E-state index is 7.98. The van der Waals surface area contributed by atoms with Gasteiger partial charge in [0, 0.05) is 19.0 Å². The van der Waals surface area contributed by atoms with Gasteiger partial charge >= 0.3 is 0 Å². The highest BCUT2D eigenvalue weighted by Gasteiger charge is 2.13. The average Bonchev–Trinajstić information content (AvgIpc) is 2.18.